The fourth-order valence-electron chi connectivity index (χ4n) is 3.73. The van der Waals surface area contributed by atoms with Crippen LogP contribution in [-0.2, 0) is 14.8 Å². The summed E-state index contributed by atoms with van der Waals surface area (Å²) in [6, 6.07) is 1.81. The van der Waals surface area contributed by atoms with Crippen LogP contribution in [0.2, 0.25) is 0 Å². The van der Waals surface area contributed by atoms with Crippen molar-refractivity contribution < 1.29 is 13.2 Å². The van der Waals surface area contributed by atoms with Crippen LogP contribution in [0.3, 0.4) is 0 Å². The molecule has 1 aromatic heterocycles. The van der Waals surface area contributed by atoms with Crippen LogP contribution in [0.5, 0.6) is 0 Å². The van der Waals surface area contributed by atoms with E-state index in [1.54, 1.807) is 26.4 Å². The van der Waals surface area contributed by atoms with E-state index in [1.807, 2.05) is 0 Å². The molecule has 0 spiro atoms. The molecule has 0 N–H and O–H groups in total. The molecule has 2 aliphatic rings. The number of aromatic nitrogens is 2. The summed E-state index contributed by atoms with van der Waals surface area (Å²) in [4.78, 5) is 25.4. The number of hydrogen-bond acceptors (Lipinski definition) is 6. The first-order chi connectivity index (χ1) is 12.3. The van der Waals surface area contributed by atoms with Gasteiger partial charge in [-0.25, -0.2) is 22.7 Å². The van der Waals surface area contributed by atoms with Crippen LogP contribution in [0.15, 0.2) is 12.3 Å². The van der Waals surface area contributed by atoms with Crippen LogP contribution in [0.1, 0.15) is 30.9 Å². The van der Waals surface area contributed by atoms with Crippen molar-refractivity contribution in [2.75, 3.05) is 51.4 Å². The van der Waals surface area contributed by atoms with Crippen molar-refractivity contribution >= 4 is 21.9 Å². The molecular formula is C17H27N5O3S. The van der Waals surface area contributed by atoms with Crippen molar-refractivity contribution in [3.63, 3.8) is 0 Å². The summed E-state index contributed by atoms with van der Waals surface area (Å²) in [6.07, 6.45) is 6.38. The van der Waals surface area contributed by atoms with Gasteiger partial charge in [0.1, 0.15) is 0 Å². The van der Waals surface area contributed by atoms with E-state index in [0.717, 1.165) is 31.6 Å². The van der Waals surface area contributed by atoms with Gasteiger partial charge in [0, 0.05) is 52.4 Å². The molecule has 8 nitrogen and oxygen atoms in total. The molecule has 144 valence electrons. The average Bonchev–Trinajstić information content (AvgIpc) is 3.07. The molecule has 2 saturated heterocycles. The summed E-state index contributed by atoms with van der Waals surface area (Å²) in [5, 5.41) is 0. The van der Waals surface area contributed by atoms with E-state index in [2.05, 4.69) is 9.88 Å². The van der Waals surface area contributed by atoms with E-state index in [4.69, 9.17) is 4.98 Å². The Bertz CT molecular complexity index is 761. The molecule has 2 fully saturated rings. The highest BCUT2D eigenvalue weighted by molar-refractivity contribution is 7.88. The SMILES string of the molecule is CN(C)C(=O)[C@H]1CN(S(C)(=O)=O)C[C@@H]1c1ccnc(N2CCCCC2)n1. The number of anilines is 1. The van der Waals surface area contributed by atoms with Gasteiger partial charge in [-0.15, -0.1) is 0 Å². The van der Waals surface area contributed by atoms with Crippen molar-refractivity contribution in [2.24, 2.45) is 5.92 Å². The molecule has 0 aliphatic carbocycles. The Kier molecular flexibility index (Phi) is 5.47. The van der Waals surface area contributed by atoms with Gasteiger partial charge in [-0.3, -0.25) is 4.79 Å². The van der Waals surface area contributed by atoms with Crippen molar-refractivity contribution in [1.82, 2.24) is 19.2 Å². The Morgan fingerprint density at radius 1 is 1.19 bits per heavy atom. The summed E-state index contributed by atoms with van der Waals surface area (Å²) in [7, 11) is 0.0347. The highest BCUT2D eigenvalue weighted by atomic mass is 32.2. The van der Waals surface area contributed by atoms with Gasteiger partial charge in [-0.1, -0.05) is 0 Å². The maximum Gasteiger partial charge on any atom is 0.227 e. The fraction of sp³-hybridized carbons (Fsp3) is 0.706. The maximum atomic E-state index is 12.6. The van der Waals surface area contributed by atoms with Gasteiger partial charge >= 0.3 is 0 Å². The Morgan fingerprint density at radius 3 is 2.50 bits per heavy atom. The number of rotatable bonds is 4. The summed E-state index contributed by atoms with van der Waals surface area (Å²) in [5.74, 6) is -0.0784. The summed E-state index contributed by atoms with van der Waals surface area (Å²) in [6.45, 7) is 2.34. The Morgan fingerprint density at radius 2 is 1.88 bits per heavy atom. The van der Waals surface area contributed by atoms with Crippen molar-refractivity contribution in [1.29, 1.82) is 0 Å². The normalized spacial score (nSPS) is 24.7. The number of amides is 1. The third kappa shape index (κ3) is 3.98. The monoisotopic (exact) mass is 381 g/mol. The Hall–Kier alpha value is -1.74. The number of hydrogen-bond donors (Lipinski definition) is 0. The molecule has 0 saturated carbocycles. The van der Waals surface area contributed by atoms with Crippen LogP contribution in [0.4, 0.5) is 5.95 Å². The summed E-state index contributed by atoms with van der Waals surface area (Å²) in [5.41, 5.74) is 0.743. The zero-order valence-corrected chi connectivity index (χ0v) is 16.4. The van der Waals surface area contributed by atoms with Crippen molar-refractivity contribution in [3.8, 4) is 0 Å². The highest BCUT2D eigenvalue weighted by Crippen LogP contribution is 2.34. The number of piperidine rings is 1. The third-order valence-electron chi connectivity index (χ3n) is 5.20. The van der Waals surface area contributed by atoms with E-state index >= 15 is 0 Å². The van der Waals surface area contributed by atoms with Gasteiger partial charge < -0.3 is 9.80 Å². The third-order valence-corrected chi connectivity index (χ3v) is 6.43. The van der Waals surface area contributed by atoms with Crippen LogP contribution in [0.25, 0.3) is 0 Å². The second kappa shape index (κ2) is 7.48. The van der Waals surface area contributed by atoms with E-state index in [9.17, 15) is 13.2 Å². The lowest BCUT2D eigenvalue weighted by Gasteiger charge is -2.27. The van der Waals surface area contributed by atoms with Gasteiger partial charge in [0.2, 0.25) is 21.9 Å². The lowest BCUT2D eigenvalue weighted by Crippen LogP contribution is -2.35. The molecule has 3 heterocycles. The van der Waals surface area contributed by atoms with Crippen LogP contribution in [0, 0.1) is 5.92 Å². The Labute approximate surface area is 155 Å². The molecule has 0 bridgehead atoms. The molecule has 1 amide bonds. The summed E-state index contributed by atoms with van der Waals surface area (Å²) >= 11 is 0. The highest BCUT2D eigenvalue weighted by Gasteiger charge is 2.43. The molecule has 9 heteroatoms. The Balaban J connectivity index is 1.90. The van der Waals surface area contributed by atoms with Gasteiger partial charge in [-0.05, 0) is 25.3 Å². The second-order valence-corrected chi connectivity index (χ2v) is 9.34. The first kappa shape index (κ1) is 19.0. The number of nitrogens with zero attached hydrogens (tertiary/aromatic N) is 5. The second-order valence-electron chi connectivity index (χ2n) is 7.35. The van der Waals surface area contributed by atoms with Crippen LogP contribution < -0.4 is 4.90 Å². The van der Waals surface area contributed by atoms with E-state index in [0.29, 0.717) is 5.95 Å². The molecule has 2 atom stereocenters. The fourth-order valence-corrected chi connectivity index (χ4v) is 4.60. The lowest BCUT2D eigenvalue weighted by atomic mass is 9.91. The van der Waals surface area contributed by atoms with E-state index < -0.39 is 15.9 Å². The molecule has 26 heavy (non-hydrogen) atoms. The minimum Gasteiger partial charge on any atom is -0.349 e. The van der Waals surface area contributed by atoms with E-state index in [-0.39, 0.29) is 24.9 Å². The standard InChI is InChI=1S/C17H27N5O3S/c1-20(2)16(23)14-12-22(26(3,24)25)11-13(14)15-7-8-18-17(19-15)21-9-5-4-6-10-21/h7-8,13-14H,4-6,9-12H2,1-3H3/t13-,14-/m0/s1. The minimum atomic E-state index is -3.36. The van der Waals surface area contributed by atoms with Gasteiger partial charge in [-0.2, -0.15) is 0 Å². The lowest BCUT2D eigenvalue weighted by molar-refractivity contribution is -0.132. The van der Waals surface area contributed by atoms with Crippen LogP contribution in [-0.4, -0.2) is 80.0 Å². The average molecular weight is 382 g/mol. The minimum absolute atomic E-state index is 0.0701. The molecule has 2 aliphatic heterocycles. The molecule has 3 rings (SSSR count). The van der Waals surface area contributed by atoms with Gasteiger partial charge in [0.05, 0.1) is 17.9 Å². The van der Waals surface area contributed by atoms with Crippen molar-refractivity contribution in [3.05, 3.63) is 18.0 Å². The predicted octanol–water partition coefficient (Wildman–Crippen LogP) is 0.530. The number of carbonyl (C=O) groups excluding carboxylic acids is 1. The number of carbonyl (C=O) groups is 1. The summed E-state index contributed by atoms with van der Waals surface area (Å²) < 4.78 is 25.4. The first-order valence-electron chi connectivity index (χ1n) is 9.01. The topological polar surface area (TPSA) is 86.7 Å². The zero-order chi connectivity index (χ0) is 18.9. The zero-order valence-electron chi connectivity index (χ0n) is 15.6. The molecular weight excluding hydrogens is 354 g/mol. The van der Waals surface area contributed by atoms with Crippen LogP contribution >= 0.6 is 0 Å². The molecule has 0 unspecified atom stereocenters. The van der Waals surface area contributed by atoms with Gasteiger partial charge in [0.25, 0.3) is 0 Å². The smallest absolute Gasteiger partial charge is 0.227 e. The predicted molar refractivity (Wildman–Crippen MR) is 99.4 cm³/mol. The maximum absolute atomic E-state index is 12.6. The number of sulfonamides is 1. The quantitative estimate of drug-likeness (QED) is 0.756. The van der Waals surface area contributed by atoms with Crippen molar-refractivity contribution in [2.45, 2.75) is 25.2 Å². The molecule has 0 aromatic carbocycles. The van der Waals surface area contributed by atoms with Gasteiger partial charge in [0.15, 0.2) is 0 Å². The first-order valence-corrected chi connectivity index (χ1v) is 10.9. The largest absolute Gasteiger partial charge is 0.349 e. The molecule has 0 radical (unpaired) electrons. The molecule has 1 aromatic rings. The van der Waals surface area contributed by atoms with E-state index in [1.165, 1.54) is 21.9 Å².